The van der Waals surface area contributed by atoms with Crippen LogP contribution in [-0.2, 0) is 4.79 Å². The number of nitrogens with one attached hydrogen (secondary N) is 1. The Morgan fingerprint density at radius 1 is 1.09 bits per heavy atom. The molecule has 1 amide bonds. The summed E-state index contributed by atoms with van der Waals surface area (Å²) in [6.45, 7) is 0. The molecule has 3 rings (SSSR count). The van der Waals surface area contributed by atoms with Crippen molar-refractivity contribution in [1.29, 1.82) is 0 Å². The maximum absolute atomic E-state index is 12.0. The van der Waals surface area contributed by atoms with Crippen LogP contribution in [0, 0.1) is 0 Å². The highest BCUT2D eigenvalue weighted by molar-refractivity contribution is 7.10. The topological polar surface area (TPSA) is 56.8 Å². The zero-order valence-electron chi connectivity index (χ0n) is 12.6. The van der Waals surface area contributed by atoms with Gasteiger partial charge in [-0.3, -0.25) is 4.79 Å². The van der Waals surface area contributed by atoms with Crippen LogP contribution in [0.4, 0.5) is 5.69 Å². The minimum atomic E-state index is -0.0430. The van der Waals surface area contributed by atoms with E-state index in [1.807, 2.05) is 17.5 Å². The Kier molecular flexibility index (Phi) is 3.94. The second kappa shape index (κ2) is 5.88. The van der Waals surface area contributed by atoms with Crippen molar-refractivity contribution in [3.8, 4) is 17.2 Å². The number of rotatable bonds is 4. The maximum Gasteiger partial charge on any atom is 0.225 e. The zero-order valence-corrected chi connectivity index (χ0v) is 13.5. The minimum absolute atomic E-state index is 0.00716. The number of hydrogen-bond acceptors (Lipinski definition) is 5. The third-order valence-electron chi connectivity index (χ3n) is 3.79. The Labute approximate surface area is 132 Å². The third kappa shape index (κ3) is 2.39. The molecule has 1 aliphatic rings. The van der Waals surface area contributed by atoms with Crippen LogP contribution in [-0.4, -0.2) is 27.2 Å². The first-order chi connectivity index (χ1) is 10.7. The van der Waals surface area contributed by atoms with Crippen LogP contribution in [0.1, 0.15) is 22.8 Å². The molecule has 2 aromatic rings. The van der Waals surface area contributed by atoms with E-state index in [1.165, 1.54) is 0 Å². The van der Waals surface area contributed by atoms with Gasteiger partial charge in [-0.2, -0.15) is 0 Å². The summed E-state index contributed by atoms with van der Waals surface area (Å²) in [5, 5.41) is 4.89. The van der Waals surface area contributed by atoms with Crippen LogP contribution < -0.4 is 19.5 Å². The number of amides is 1. The van der Waals surface area contributed by atoms with Crippen molar-refractivity contribution in [2.24, 2.45) is 0 Å². The lowest BCUT2D eigenvalue weighted by Gasteiger charge is -2.25. The molecule has 0 bridgehead atoms. The standard InChI is InChI=1S/C16H17NO4S/c1-19-12-8-14(21-3)13(20-2)6-9(12)10-7-15(18)17-11-4-5-22-16(10)11/h4-6,8,10H,7H2,1-3H3,(H,17,18). The maximum atomic E-state index is 12.0. The number of hydrogen-bond donors (Lipinski definition) is 1. The largest absolute Gasteiger partial charge is 0.496 e. The summed E-state index contributed by atoms with van der Waals surface area (Å²) in [7, 11) is 4.80. The Hall–Kier alpha value is -2.21. The molecule has 1 aromatic carbocycles. The summed E-state index contributed by atoms with van der Waals surface area (Å²) in [6.07, 6.45) is 0.388. The molecule has 1 atom stereocenters. The Bertz CT molecular complexity index is 710. The van der Waals surface area contributed by atoms with Crippen molar-refractivity contribution in [3.63, 3.8) is 0 Å². The number of benzene rings is 1. The second-order valence-electron chi connectivity index (χ2n) is 4.95. The SMILES string of the molecule is COc1cc(OC)c(C2CC(=O)Nc3ccsc32)cc1OC. The van der Waals surface area contributed by atoms with Gasteiger partial charge in [-0.05, 0) is 17.5 Å². The second-order valence-corrected chi connectivity index (χ2v) is 5.90. The van der Waals surface area contributed by atoms with Crippen LogP contribution in [0.5, 0.6) is 17.2 Å². The smallest absolute Gasteiger partial charge is 0.225 e. The number of ether oxygens (including phenoxy) is 3. The Balaban J connectivity index is 2.14. The summed E-state index contributed by atoms with van der Waals surface area (Å²) >= 11 is 1.63. The summed E-state index contributed by atoms with van der Waals surface area (Å²) in [5.41, 5.74) is 1.81. The van der Waals surface area contributed by atoms with Gasteiger partial charge in [0, 0.05) is 28.8 Å². The highest BCUT2D eigenvalue weighted by Crippen LogP contribution is 2.46. The molecule has 0 saturated heterocycles. The molecule has 1 aliphatic heterocycles. The molecule has 1 N–H and O–H groups in total. The van der Waals surface area contributed by atoms with Crippen LogP contribution in [0.2, 0.25) is 0 Å². The molecule has 0 saturated carbocycles. The molecule has 1 aromatic heterocycles. The molecule has 5 nitrogen and oxygen atoms in total. The quantitative estimate of drug-likeness (QED) is 0.940. The molecule has 116 valence electrons. The number of carbonyl (C=O) groups excluding carboxylic acids is 1. The zero-order chi connectivity index (χ0) is 15.7. The molecule has 0 spiro atoms. The van der Waals surface area contributed by atoms with E-state index in [4.69, 9.17) is 14.2 Å². The first-order valence-electron chi connectivity index (χ1n) is 6.85. The molecule has 2 heterocycles. The van der Waals surface area contributed by atoms with Crippen molar-refractivity contribution < 1.29 is 19.0 Å². The molecular weight excluding hydrogens is 302 g/mol. The van der Waals surface area contributed by atoms with Gasteiger partial charge in [0.25, 0.3) is 0 Å². The van der Waals surface area contributed by atoms with Gasteiger partial charge in [0.15, 0.2) is 11.5 Å². The fourth-order valence-corrected chi connectivity index (χ4v) is 3.72. The Morgan fingerprint density at radius 2 is 1.77 bits per heavy atom. The fourth-order valence-electron chi connectivity index (χ4n) is 2.75. The molecule has 0 radical (unpaired) electrons. The number of methoxy groups -OCH3 is 3. The highest BCUT2D eigenvalue weighted by atomic mass is 32.1. The van der Waals surface area contributed by atoms with Crippen molar-refractivity contribution in [2.75, 3.05) is 26.6 Å². The van der Waals surface area contributed by atoms with Crippen molar-refractivity contribution in [3.05, 3.63) is 34.0 Å². The van der Waals surface area contributed by atoms with E-state index in [1.54, 1.807) is 38.7 Å². The lowest BCUT2D eigenvalue weighted by Crippen LogP contribution is -2.22. The molecule has 22 heavy (non-hydrogen) atoms. The molecule has 0 fully saturated rings. The van der Waals surface area contributed by atoms with Crippen LogP contribution in [0.25, 0.3) is 0 Å². The average Bonchev–Trinajstić information content (AvgIpc) is 3.00. The van der Waals surface area contributed by atoms with Gasteiger partial charge in [-0.15, -0.1) is 11.3 Å². The fraction of sp³-hybridized carbons (Fsp3) is 0.312. The van der Waals surface area contributed by atoms with Crippen molar-refractivity contribution >= 4 is 22.9 Å². The van der Waals surface area contributed by atoms with E-state index < -0.39 is 0 Å². The summed E-state index contributed by atoms with van der Waals surface area (Å²) in [5.74, 6) is 1.89. The monoisotopic (exact) mass is 319 g/mol. The predicted molar refractivity (Wildman–Crippen MR) is 85.5 cm³/mol. The van der Waals surface area contributed by atoms with Gasteiger partial charge in [-0.1, -0.05) is 0 Å². The lowest BCUT2D eigenvalue weighted by atomic mass is 9.89. The number of thiophene rings is 1. The summed E-state index contributed by atoms with van der Waals surface area (Å²) in [4.78, 5) is 13.1. The van der Waals surface area contributed by atoms with E-state index in [2.05, 4.69) is 5.32 Å². The van der Waals surface area contributed by atoms with Gasteiger partial charge < -0.3 is 19.5 Å². The Morgan fingerprint density at radius 3 is 2.45 bits per heavy atom. The van der Waals surface area contributed by atoms with Crippen LogP contribution >= 0.6 is 11.3 Å². The first kappa shape index (κ1) is 14.7. The van der Waals surface area contributed by atoms with Crippen molar-refractivity contribution in [2.45, 2.75) is 12.3 Å². The number of carbonyl (C=O) groups is 1. The van der Waals surface area contributed by atoms with E-state index in [0.29, 0.717) is 23.7 Å². The summed E-state index contributed by atoms with van der Waals surface area (Å²) < 4.78 is 16.2. The van der Waals surface area contributed by atoms with E-state index in [-0.39, 0.29) is 11.8 Å². The van der Waals surface area contributed by atoms with Crippen LogP contribution in [0.3, 0.4) is 0 Å². The van der Waals surface area contributed by atoms with E-state index >= 15 is 0 Å². The third-order valence-corrected chi connectivity index (χ3v) is 4.82. The van der Waals surface area contributed by atoms with Gasteiger partial charge in [0.05, 0.1) is 27.0 Å². The van der Waals surface area contributed by atoms with Crippen molar-refractivity contribution in [1.82, 2.24) is 0 Å². The molecular formula is C16H17NO4S. The van der Waals surface area contributed by atoms with Gasteiger partial charge in [-0.25, -0.2) is 0 Å². The summed E-state index contributed by atoms with van der Waals surface area (Å²) in [6, 6.07) is 5.62. The molecule has 6 heteroatoms. The van der Waals surface area contributed by atoms with Gasteiger partial charge in [0.2, 0.25) is 5.91 Å². The molecule has 0 aliphatic carbocycles. The van der Waals surface area contributed by atoms with E-state index in [0.717, 1.165) is 16.1 Å². The lowest BCUT2D eigenvalue weighted by molar-refractivity contribution is -0.116. The van der Waals surface area contributed by atoms with E-state index in [9.17, 15) is 4.79 Å². The normalized spacial score (nSPS) is 16.7. The average molecular weight is 319 g/mol. The minimum Gasteiger partial charge on any atom is -0.496 e. The van der Waals surface area contributed by atoms with Gasteiger partial charge in [0.1, 0.15) is 5.75 Å². The number of anilines is 1. The first-order valence-corrected chi connectivity index (χ1v) is 7.73. The van der Waals surface area contributed by atoms with Crippen LogP contribution in [0.15, 0.2) is 23.6 Å². The predicted octanol–water partition coefficient (Wildman–Crippen LogP) is 3.25. The van der Waals surface area contributed by atoms with Gasteiger partial charge >= 0.3 is 0 Å². The number of fused-ring (bicyclic) bond motifs is 1. The molecule has 1 unspecified atom stereocenters. The highest BCUT2D eigenvalue weighted by Gasteiger charge is 2.30.